The van der Waals surface area contributed by atoms with Crippen molar-refractivity contribution >= 4 is 17.4 Å². The average molecular weight is 181 g/mol. The second kappa shape index (κ2) is 5.23. The van der Waals surface area contributed by atoms with Crippen LogP contribution < -0.4 is 0 Å². The molecule has 1 aliphatic carbocycles. The molecule has 1 unspecified atom stereocenters. The largest absolute Gasteiger partial charge is 0.232 e. The molecule has 0 heterocycles. The van der Waals surface area contributed by atoms with Crippen molar-refractivity contribution in [2.75, 3.05) is 6.54 Å². The van der Waals surface area contributed by atoms with Crippen LogP contribution in [0.25, 0.3) is 0 Å². The molecule has 0 spiro atoms. The molecule has 0 saturated carbocycles. The summed E-state index contributed by atoms with van der Waals surface area (Å²) in [4.78, 5) is 3.98. The molecule has 0 N–H and O–H groups in total. The molecular formula is C10H15NS. The number of hydrogen-bond donors (Lipinski definition) is 0. The fraction of sp³-hybridized carbons (Fsp3) is 0.700. The standard InChI is InChI=1S/C10H15NS/c1-2-9-4-3-5-10(6-9)7-11-8-12/h6,10H,2-5,7H2,1H3. The van der Waals surface area contributed by atoms with Crippen LogP contribution in [0.15, 0.2) is 16.6 Å². The molecule has 2 heteroatoms. The summed E-state index contributed by atoms with van der Waals surface area (Å²) in [6, 6.07) is 0. The zero-order valence-corrected chi connectivity index (χ0v) is 8.36. The zero-order chi connectivity index (χ0) is 8.81. The lowest BCUT2D eigenvalue weighted by Gasteiger charge is -2.18. The predicted octanol–water partition coefficient (Wildman–Crippen LogP) is 3.23. The summed E-state index contributed by atoms with van der Waals surface area (Å²) < 4.78 is 0. The van der Waals surface area contributed by atoms with Crippen molar-refractivity contribution < 1.29 is 0 Å². The molecule has 1 rings (SSSR count). The molecule has 1 aliphatic rings. The van der Waals surface area contributed by atoms with Gasteiger partial charge in [0.1, 0.15) is 0 Å². The van der Waals surface area contributed by atoms with Gasteiger partial charge in [-0.2, -0.15) is 0 Å². The molecule has 0 radical (unpaired) electrons. The lowest BCUT2D eigenvalue weighted by Crippen LogP contribution is -2.07. The number of aliphatic imine (C=N–C) groups is 1. The van der Waals surface area contributed by atoms with Gasteiger partial charge in [0.2, 0.25) is 0 Å². The second-order valence-corrected chi connectivity index (χ2v) is 3.45. The smallest absolute Gasteiger partial charge is 0.0585 e. The van der Waals surface area contributed by atoms with Crippen LogP contribution in [0.1, 0.15) is 32.6 Å². The minimum Gasteiger partial charge on any atom is -0.232 e. The van der Waals surface area contributed by atoms with Gasteiger partial charge >= 0.3 is 0 Å². The maximum Gasteiger partial charge on any atom is 0.0585 e. The van der Waals surface area contributed by atoms with Gasteiger partial charge in [0.25, 0.3) is 0 Å². The van der Waals surface area contributed by atoms with Gasteiger partial charge in [0.15, 0.2) is 0 Å². The van der Waals surface area contributed by atoms with Gasteiger partial charge in [-0.15, -0.1) is 0 Å². The van der Waals surface area contributed by atoms with Gasteiger partial charge in [-0.1, -0.05) is 18.6 Å². The van der Waals surface area contributed by atoms with Crippen molar-refractivity contribution in [2.24, 2.45) is 10.9 Å². The van der Waals surface area contributed by atoms with E-state index in [4.69, 9.17) is 0 Å². The topological polar surface area (TPSA) is 12.4 Å². The number of rotatable bonds is 3. The van der Waals surface area contributed by atoms with E-state index in [1.807, 2.05) is 0 Å². The van der Waals surface area contributed by atoms with Crippen molar-refractivity contribution in [3.8, 4) is 0 Å². The van der Waals surface area contributed by atoms with Crippen LogP contribution in [0.3, 0.4) is 0 Å². The Hall–Kier alpha value is -0.460. The molecule has 0 aromatic heterocycles. The molecule has 12 heavy (non-hydrogen) atoms. The summed E-state index contributed by atoms with van der Waals surface area (Å²) in [6.45, 7) is 3.06. The van der Waals surface area contributed by atoms with Gasteiger partial charge in [0, 0.05) is 0 Å². The zero-order valence-electron chi connectivity index (χ0n) is 7.55. The van der Waals surface area contributed by atoms with E-state index in [0.29, 0.717) is 5.92 Å². The number of hydrogen-bond acceptors (Lipinski definition) is 2. The van der Waals surface area contributed by atoms with E-state index >= 15 is 0 Å². The van der Waals surface area contributed by atoms with E-state index in [1.165, 1.54) is 25.7 Å². The molecule has 66 valence electrons. The summed E-state index contributed by atoms with van der Waals surface area (Å²) in [5.41, 5.74) is 1.59. The number of thiocarbonyl (C=S) groups is 1. The molecule has 1 atom stereocenters. The highest BCUT2D eigenvalue weighted by atomic mass is 32.1. The van der Waals surface area contributed by atoms with Crippen LogP contribution in [-0.4, -0.2) is 11.7 Å². The van der Waals surface area contributed by atoms with E-state index < -0.39 is 0 Å². The Morgan fingerprint density at radius 3 is 3.25 bits per heavy atom. The summed E-state index contributed by atoms with van der Waals surface area (Å²) in [7, 11) is 0. The van der Waals surface area contributed by atoms with Gasteiger partial charge in [0.05, 0.1) is 11.7 Å². The van der Waals surface area contributed by atoms with E-state index in [1.54, 1.807) is 5.57 Å². The second-order valence-electron chi connectivity index (χ2n) is 3.26. The predicted molar refractivity (Wildman–Crippen MR) is 55.6 cm³/mol. The summed E-state index contributed by atoms with van der Waals surface area (Å²) >= 11 is 4.54. The van der Waals surface area contributed by atoms with Crippen LogP contribution in [-0.2, 0) is 0 Å². The first-order chi connectivity index (χ1) is 5.86. The van der Waals surface area contributed by atoms with E-state index in [-0.39, 0.29) is 0 Å². The van der Waals surface area contributed by atoms with Crippen molar-refractivity contribution in [3.05, 3.63) is 11.6 Å². The molecule has 0 aliphatic heterocycles. The van der Waals surface area contributed by atoms with Crippen molar-refractivity contribution in [2.45, 2.75) is 32.6 Å². The maximum atomic E-state index is 4.54. The Labute approximate surface area is 79.6 Å². The van der Waals surface area contributed by atoms with E-state index in [2.05, 4.69) is 35.4 Å². The van der Waals surface area contributed by atoms with Crippen LogP contribution in [0, 0.1) is 5.92 Å². The number of isothiocyanates is 1. The summed E-state index contributed by atoms with van der Waals surface area (Å²) in [5.74, 6) is 0.629. The lowest BCUT2D eigenvalue weighted by atomic mass is 9.89. The Bertz CT molecular complexity index is 214. The third kappa shape index (κ3) is 2.88. The Morgan fingerprint density at radius 1 is 1.75 bits per heavy atom. The highest BCUT2D eigenvalue weighted by Gasteiger charge is 2.11. The van der Waals surface area contributed by atoms with Crippen molar-refractivity contribution in [1.29, 1.82) is 0 Å². The van der Waals surface area contributed by atoms with Crippen molar-refractivity contribution in [1.82, 2.24) is 0 Å². The first-order valence-electron chi connectivity index (χ1n) is 4.60. The number of nitrogens with zero attached hydrogens (tertiary/aromatic N) is 1. The Kier molecular flexibility index (Phi) is 4.20. The molecule has 0 amide bonds. The van der Waals surface area contributed by atoms with Crippen LogP contribution in [0.2, 0.25) is 0 Å². The van der Waals surface area contributed by atoms with Gasteiger partial charge in [-0.05, 0) is 43.8 Å². The Balaban J connectivity index is 2.48. The Morgan fingerprint density at radius 2 is 2.58 bits per heavy atom. The third-order valence-electron chi connectivity index (χ3n) is 2.39. The monoisotopic (exact) mass is 181 g/mol. The fourth-order valence-corrected chi connectivity index (χ4v) is 1.76. The van der Waals surface area contributed by atoms with Gasteiger partial charge in [-0.25, -0.2) is 4.99 Å². The van der Waals surface area contributed by atoms with Crippen molar-refractivity contribution in [3.63, 3.8) is 0 Å². The van der Waals surface area contributed by atoms with Crippen LogP contribution in [0.5, 0.6) is 0 Å². The maximum absolute atomic E-state index is 4.54. The molecule has 0 aromatic rings. The summed E-state index contributed by atoms with van der Waals surface area (Å²) in [5, 5.41) is 2.43. The minimum absolute atomic E-state index is 0.629. The molecular weight excluding hydrogens is 166 g/mol. The number of allylic oxidation sites excluding steroid dienone is 1. The molecule has 0 bridgehead atoms. The SMILES string of the molecule is CCC1=CC(CN=C=S)CCC1. The first kappa shape index (κ1) is 9.63. The minimum atomic E-state index is 0.629. The quantitative estimate of drug-likeness (QED) is 0.370. The highest BCUT2D eigenvalue weighted by molar-refractivity contribution is 7.78. The summed E-state index contributed by atoms with van der Waals surface area (Å²) in [6.07, 6.45) is 7.44. The van der Waals surface area contributed by atoms with Gasteiger partial charge in [-0.3, -0.25) is 0 Å². The molecule has 0 fully saturated rings. The van der Waals surface area contributed by atoms with Crippen LogP contribution in [0.4, 0.5) is 0 Å². The molecule has 0 aromatic carbocycles. The lowest BCUT2D eigenvalue weighted by molar-refractivity contribution is 0.532. The molecule has 1 nitrogen and oxygen atoms in total. The normalized spacial score (nSPS) is 22.8. The fourth-order valence-electron chi connectivity index (χ4n) is 1.68. The first-order valence-corrected chi connectivity index (χ1v) is 5.00. The molecule has 0 saturated heterocycles. The van der Waals surface area contributed by atoms with E-state index in [0.717, 1.165) is 6.54 Å². The van der Waals surface area contributed by atoms with Crippen LogP contribution >= 0.6 is 12.2 Å². The third-order valence-corrected chi connectivity index (χ3v) is 2.52. The van der Waals surface area contributed by atoms with Gasteiger partial charge < -0.3 is 0 Å². The van der Waals surface area contributed by atoms with E-state index in [9.17, 15) is 0 Å². The highest BCUT2D eigenvalue weighted by Crippen LogP contribution is 2.24. The average Bonchev–Trinajstić information content (AvgIpc) is 2.15.